The lowest BCUT2D eigenvalue weighted by atomic mass is 9.90. The molecule has 4 heterocycles. The van der Waals surface area contributed by atoms with Crippen LogP contribution in [0.25, 0.3) is 17.0 Å². The number of halogens is 1. The number of para-hydroxylation sites is 2. The SMILES string of the molecule is O=c1c(CCc2ccc(F)cc2)c(CC2CCN(Cc3ccncc3)CC2)[nH]n1-c1nc2ccccc2[nH]1. The minimum absolute atomic E-state index is 0.0729. The number of hydrogen-bond donors (Lipinski definition) is 2. The summed E-state index contributed by atoms with van der Waals surface area (Å²) >= 11 is 0. The number of aromatic nitrogens is 5. The fraction of sp³-hybridized carbons (Fsp3) is 0.300. The van der Waals surface area contributed by atoms with Crippen LogP contribution in [0.15, 0.2) is 77.9 Å². The molecule has 1 saturated heterocycles. The summed E-state index contributed by atoms with van der Waals surface area (Å²) in [4.78, 5) is 28.2. The third-order valence-electron chi connectivity index (χ3n) is 7.59. The maximum Gasteiger partial charge on any atom is 0.277 e. The van der Waals surface area contributed by atoms with Crippen LogP contribution in [-0.2, 0) is 25.8 Å². The van der Waals surface area contributed by atoms with Crippen molar-refractivity contribution in [3.63, 3.8) is 0 Å². The van der Waals surface area contributed by atoms with Crippen LogP contribution < -0.4 is 5.56 Å². The average molecular weight is 511 g/mol. The Morgan fingerprint density at radius 2 is 1.68 bits per heavy atom. The molecule has 0 unspecified atom stereocenters. The van der Waals surface area contributed by atoms with E-state index < -0.39 is 0 Å². The van der Waals surface area contributed by atoms with Crippen molar-refractivity contribution in [1.82, 2.24) is 29.6 Å². The topological polar surface area (TPSA) is 82.6 Å². The van der Waals surface area contributed by atoms with Crippen LogP contribution in [-0.4, -0.2) is 42.7 Å². The number of piperidine rings is 1. The molecule has 5 aromatic rings. The number of aromatic amines is 2. The first-order valence-electron chi connectivity index (χ1n) is 13.3. The second-order valence-corrected chi connectivity index (χ2v) is 10.2. The molecule has 0 aliphatic carbocycles. The lowest BCUT2D eigenvalue weighted by Crippen LogP contribution is -2.34. The van der Waals surface area contributed by atoms with Crippen molar-refractivity contribution in [3.8, 4) is 5.95 Å². The molecule has 6 rings (SSSR count). The molecule has 8 heteroatoms. The minimum atomic E-state index is -0.251. The summed E-state index contributed by atoms with van der Waals surface area (Å²) in [6.07, 6.45) is 7.94. The molecule has 1 fully saturated rings. The summed E-state index contributed by atoms with van der Waals surface area (Å²) in [5.41, 5.74) is 5.70. The van der Waals surface area contributed by atoms with E-state index in [2.05, 4.69) is 37.1 Å². The molecular weight excluding hydrogens is 479 g/mol. The van der Waals surface area contributed by atoms with Crippen LogP contribution in [0.2, 0.25) is 0 Å². The van der Waals surface area contributed by atoms with Gasteiger partial charge in [0.15, 0.2) is 0 Å². The monoisotopic (exact) mass is 510 g/mol. The summed E-state index contributed by atoms with van der Waals surface area (Å²) in [6, 6.07) is 18.4. The van der Waals surface area contributed by atoms with E-state index in [1.807, 2.05) is 36.7 Å². The Morgan fingerprint density at radius 1 is 0.921 bits per heavy atom. The van der Waals surface area contributed by atoms with E-state index in [4.69, 9.17) is 0 Å². The minimum Gasteiger partial charge on any atom is -0.322 e. The molecule has 2 aromatic carbocycles. The van der Waals surface area contributed by atoms with Crippen LogP contribution in [0, 0.1) is 11.7 Å². The number of nitrogens with one attached hydrogen (secondary N) is 2. The molecule has 194 valence electrons. The molecule has 38 heavy (non-hydrogen) atoms. The molecule has 0 spiro atoms. The summed E-state index contributed by atoms with van der Waals surface area (Å²) in [7, 11) is 0. The van der Waals surface area contributed by atoms with Crippen LogP contribution in [0.1, 0.15) is 35.2 Å². The van der Waals surface area contributed by atoms with Gasteiger partial charge in [-0.25, -0.2) is 9.37 Å². The predicted octanol–water partition coefficient (Wildman–Crippen LogP) is 4.82. The van der Waals surface area contributed by atoms with Crippen molar-refractivity contribution in [2.75, 3.05) is 13.1 Å². The second-order valence-electron chi connectivity index (χ2n) is 10.2. The fourth-order valence-electron chi connectivity index (χ4n) is 5.44. The summed E-state index contributed by atoms with van der Waals surface area (Å²) in [6.45, 7) is 3.01. The first-order valence-corrected chi connectivity index (χ1v) is 13.3. The number of H-pyrrole nitrogens is 2. The highest BCUT2D eigenvalue weighted by Crippen LogP contribution is 2.24. The van der Waals surface area contributed by atoms with Gasteiger partial charge in [0.2, 0.25) is 5.95 Å². The van der Waals surface area contributed by atoms with E-state index in [9.17, 15) is 9.18 Å². The van der Waals surface area contributed by atoms with Gasteiger partial charge in [-0.2, -0.15) is 4.68 Å². The van der Waals surface area contributed by atoms with Gasteiger partial charge in [-0.05, 0) is 98.6 Å². The number of pyridine rings is 1. The molecule has 3 aromatic heterocycles. The summed E-state index contributed by atoms with van der Waals surface area (Å²) in [5, 5.41) is 3.40. The van der Waals surface area contributed by atoms with Crippen LogP contribution >= 0.6 is 0 Å². The molecule has 0 radical (unpaired) electrons. The van der Waals surface area contributed by atoms with Crippen molar-refractivity contribution in [1.29, 1.82) is 0 Å². The third kappa shape index (κ3) is 5.31. The molecule has 7 nitrogen and oxygen atoms in total. The van der Waals surface area contributed by atoms with Gasteiger partial charge in [0.05, 0.1) is 11.0 Å². The number of imidazole rings is 1. The maximum atomic E-state index is 13.6. The molecular formula is C30H31FN6O. The van der Waals surface area contributed by atoms with Gasteiger partial charge in [0, 0.05) is 30.2 Å². The fourth-order valence-corrected chi connectivity index (χ4v) is 5.44. The second kappa shape index (κ2) is 10.8. The van der Waals surface area contributed by atoms with Crippen LogP contribution in [0.3, 0.4) is 0 Å². The van der Waals surface area contributed by atoms with Crippen molar-refractivity contribution in [2.24, 2.45) is 5.92 Å². The summed E-state index contributed by atoms with van der Waals surface area (Å²) < 4.78 is 14.9. The standard InChI is InChI=1S/C30H31FN6O/c31-24-8-5-21(6-9-24)7-10-25-28(19-22-13-17-36(18-14-22)20-23-11-15-32-16-12-23)35-37(29(25)38)30-33-26-3-1-2-4-27(26)34-30/h1-6,8-9,11-12,15-16,22,35H,7,10,13-14,17-20H2,(H,33,34). The highest BCUT2D eigenvalue weighted by molar-refractivity contribution is 5.75. The normalized spacial score (nSPS) is 14.9. The molecule has 0 bridgehead atoms. The quantitative estimate of drug-likeness (QED) is 0.314. The Hall–Kier alpha value is -4.04. The first kappa shape index (κ1) is 24.3. The molecule has 1 aliphatic heterocycles. The Bertz CT molecular complexity index is 1530. The smallest absolute Gasteiger partial charge is 0.277 e. The van der Waals surface area contributed by atoms with Gasteiger partial charge < -0.3 is 4.98 Å². The Morgan fingerprint density at radius 3 is 2.45 bits per heavy atom. The van der Waals surface area contributed by atoms with Gasteiger partial charge in [-0.1, -0.05) is 24.3 Å². The zero-order chi connectivity index (χ0) is 25.9. The number of fused-ring (bicyclic) bond motifs is 1. The number of likely N-dealkylation sites (tertiary alicyclic amines) is 1. The van der Waals surface area contributed by atoms with Crippen LogP contribution in [0.5, 0.6) is 0 Å². The summed E-state index contributed by atoms with van der Waals surface area (Å²) in [5.74, 6) is 0.742. The number of benzene rings is 2. The molecule has 1 aliphatic rings. The largest absolute Gasteiger partial charge is 0.322 e. The van der Waals surface area contributed by atoms with Crippen molar-refractivity contribution >= 4 is 11.0 Å². The molecule has 0 amide bonds. The van der Waals surface area contributed by atoms with E-state index in [-0.39, 0.29) is 11.4 Å². The van der Waals surface area contributed by atoms with E-state index in [0.717, 1.165) is 66.8 Å². The van der Waals surface area contributed by atoms with E-state index in [0.29, 0.717) is 24.7 Å². The number of rotatable bonds is 8. The van der Waals surface area contributed by atoms with Crippen molar-refractivity contribution in [2.45, 2.75) is 38.6 Å². The van der Waals surface area contributed by atoms with Crippen molar-refractivity contribution < 1.29 is 4.39 Å². The molecule has 2 N–H and O–H groups in total. The van der Waals surface area contributed by atoms with Crippen molar-refractivity contribution in [3.05, 3.63) is 112 Å². The Balaban J connectivity index is 1.22. The number of aryl methyl sites for hydroxylation is 1. The van der Waals surface area contributed by atoms with Crippen LogP contribution in [0.4, 0.5) is 4.39 Å². The lowest BCUT2D eigenvalue weighted by Gasteiger charge is -2.32. The highest BCUT2D eigenvalue weighted by Gasteiger charge is 2.24. The Kier molecular flexibility index (Phi) is 6.88. The van der Waals surface area contributed by atoms with Gasteiger partial charge in [-0.15, -0.1) is 0 Å². The van der Waals surface area contributed by atoms with E-state index in [1.165, 1.54) is 17.7 Å². The first-order chi connectivity index (χ1) is 18.6. The molecule has 0 saturated carbocycles. The zero-order valence-electron chi connectivity index (χ0n) is 21.2. The third-order valence-corrected chi connectivity index (χ3v) is 7.59. The van der Waals surface area contributed by atoms with E-state index >= 15 is 0 Å². The lowest BCUT2D eigenvalue weighted by molar-refractivity contribution is 0.176. The van der Waals surface area contributed by atoms with E-state index in [1.54, 1.807) is 16.8 Å². The maximum absolute atomic E-state index is 13.6. The Labute approximate surface area is 220 Å². The van der Waals surface area contributed by atoms with Gasteiger partial charge in [-0.3, -0.25) is 19.8 Å². The number of hydrogen-bond acceptors (Lipinski definition) is 4. The van der Waals surface area contributed by atoms with Gasteiger partial charge in [0.25, 0.3) is 5.56 Å². The average Bonchev–Trinajstić information content (AvgIpc) is 3.51. The predicted molar refractivity (Wildman–Crippen MR) is 146 cm³/mol. The zero-order valence-corrected chi connectivity index (χ0v) is 21.2. The number of nitrogens with zero attached hydrogens (tertiary/aromatic N) is 4. The molecule has 0 atom stereocenters. The van der Waals surface area contributed by atoms with Gasteiger partial charge >= 0.3 is 0 Å². The van der Waals surface area contributed by atoms with Gasteiger partial charge in [0.1, 0.15) is 5.82 Å². The highest BCUT2D eigenvalue weighted by atomic mass is 19.1.